The van der Waals surface area contributed by atoms with Crippen LogP contribution in [0.25, 0.3) is 0 Å². The Balaban J connectivity index is 1.28. The van der Waals surface area contributed by atoms with Crippen LogP contribution in [-0.2, 0) is 12.8 Å². The van der Waals surface area contributed by atoms with Crippen molar-refractivity contribution in [2.24, 2.45) is 0 Å². The minimum absolute atomic E-state index is 0.901. The molecule has 4 heteroatoms. The average Bonchev–Trinajstić information content (AvgIpc) is 2.80. The fourth-order valence-corrected chi connectivity index (χ4v) is 6.46. The minimum atomic E-state index is 0.901. The van der Waals surface area contributed by atoms with Gasteiger partial charge >= 0.3 is 0 Å². The smallest absolute Gasteiger partial charge is 0.132 e. The van der Waals surface area contributed by atoms with E-state index in [2.05, 4.69) is 60.7 Å². The fraction of sp³-hybridized carbons (Fsp3) is 0.0769. The third-order valence-electron chi connectivity index (χ3n) is 5.52. The van der Waals surface area contributed by atoms with Crippen LogP contribution in [0.5, 0.6) is 23.0 Å². The molecule has 0 spiro atoms. The fourth-order valence-electron chi connectivity index (χ4n) is 3.99. The molecule has 2 aliphatic rings. The first-order chi connectivity index (χ1) is 14.8. The van der Waals surface area contributed by atoms with E-state index in [0.717, 1.165) is 35.8 Å². The van der Waals surface area contributed by atoms with Crippen molar-refractivity contribution in [1.82, 2.24) is 0 Å². The van der Waals surface area contributed by atoms with E-state index < -0.39 is 0 Å². The molecule has 0 bridgehead atoms. The Hall–Kier alpha value is -2.82. The maximum absolute atomic E-state index is 6.16. The van der Waals surface area contributed by atoms with Crippen LogP contribution in [0.3, 0.4) is 0 Å². The molecule has 0 fully saturated rings. The van der Waals surface area contributed by atoms with E-state index in [-0.39, 0.29) is 0 Å². The lowest BCUT2D eigenvalue weighted by Crippen LogP contribution is -2.04. The average molecular weight is 427 g/mol. The molecule has 0 saturated heterocycles. The number of benzene rings is 4. The molecular weight excluding hydrogens is 408 g/mol. The van der Waals surface area contributed by atoms with E-state index in [1.54, 1.807) is 21.6 Å². The number of para-hydroxylation sites is 2. The number of hydrogen-bond donors (Lipinski definition) is 0. The van der Waals surface area contributed by atoms with E-state index in [9.17, 15) is 0 Å². The maximum atomic E-state index is 6.16. The zero-order chi connectivity index (χ0) is 19.9. The van der Waals surface area contributed by atoms with Crippen molar-refractivity contribution in [3.05, 3.63) is 107 Å². The highest BCUT2D eigenvalue weighted by atomic mass is 33.1. The highest BCUT2D eigenvalue weighted by Crippen LogP contribution is 2.49. The lowest BCUT2D eigenvalue weighted by Gasteiger charge is -2.23. The van der Waals surface area contributed by atoms with Crippen molar-refractivity contribution in [2.45, 2.75) is 22.6 Å². The first-order valence-electron chi connectivity index (χ1n) is 9.95. The monoisotopic (exact) mass is 426 g/mol. The predicted octanol–water partition coefficient (Wildman–Crippen LogP) is 7.88. The Morgan fingerprint density at radius 1 is 0.467 bits per heavy atom. The summed E-state index contributed by atoms with van der Waals surface area (Å²) in [7, 11) is 3.60. The maximum Gasteiger partial charge on any atom is 0.132 e. The molecule has 0 atom stereocenters. The molecule has 2 nitrogen and oxygen atoms in total. The summed E-state index contributed by atoms with van der Waals surface area (Å²) in [6.07, 6.45) is 1.80. The highest BCUT2D eigenvalue weighted by Gasteiger charge is 2.22. The zero-order valence-electron chi connectivity index (χ0n) is 16.1. The molecule has 0 radical (unpaired) electrons. The predicted molar refractivity (Wildman–Crippen MR) is 123 cm³/mol. The van der Waals surface area contributed by atoms with Gasteiger partial charge in [0, 0.05) is 33.8 Å². The number of fused-ring (bicyclic) bond motifs is 4. The zero-order valence-corrected chi connectivity index (χ0v) is 17.8. The molecule has 0 aliphatic carbocycles. The van der Waals surface area contributed by atoms with Crippen LogP contribution in [0.4, 0.5) is 0 Å². The van der Waals surface area contributed by atoms with Gasteiger partial charge < -0.3 is 9.47 Å². The molecule has 0 amide bonds. The standard InChI is InChI=1S/C26H18O2S2/c1-3-9-21-17(7-1)15-19-23(27-21)11-5-13-25(19)29-30-26-14-6-12-24-20(26)16-18-8-2-4-10-22(18)28-24/h1-14H,15-16H2. The van der Waals surface area contributed by atoms with Crippen molar-refractivity contribution in [2.75, 3.05) is 0 Å². The normalized spacial score (nSPS) is 13.2. The minimum Gasteiger partial charge on any atom is -0.457 e. The molecule has 4 aromatic carbocycles. The van der Waals surface area contributed by atoms with Gasteiger partial charge in [0.2, 0.25) is 0 Å². The molecular formula is C26H18O2S2. The largest absolute Gasteiger partial charge is 0.457 e. The van der Waals surface area contributed by atoms with Crippen LogP contribution in [-0.4, -0.2) is 0 Å². The molecule has 0 unspecified atom stereocenters. The molecule has 30 heavy (non-hydrogen) atoms. The van der Waals surface area contributed by atoms with Crippen LogP contribution in [0, 0.1) is 0 Å². The van der Waals surface area contributed by atoms with E-state index >= 15 is 0 Å². The van der Waals surface area contributed by atoms with Gasteiger partial charge in [-0.2, -0.15) is 0 Å². The Bertz CT molecular complexity index is 1170. The second-order valence-corrected chi connectivity index (χ2v) is 9.62. The van der Waals surface area contributed by atoms with Crippen LogP contribution in [0.2, 0.25) is 0 Å². The molecule has 0 saturated carbocycles. The second-order valence-electron chi connectivity index (χ2n) is 7.41. The lowest BCUT2D eigenvalue weighted by molar-refractivity contribution is 0.457. The molecule has 2 heterocycles. The van der Waals surface area contributed by atoms with Gasteiger partial charge in [-0.1, -0.05) is 70.1 Å². The molecule has 2 aliphatic heterocycles. The van der Waals surface area contributed by atoms with Gasteiger partial charge in [-0.15, -0.1) is 0 Å². The number of ether oxygens (including phenoxy) is 2. The van der Waals surface area contributed by atoms with Crippen molar-refractivity contribution in [3.8, 4) is 23.0 Å². The molecule has 0 N–H and O–H groups in total. The summed E-state index contributed by atoms with van der Waals surface area (Å²) in [5.41, 5.74) is 5.01. The van der Waals surface area contributed by atoms with Crippen LogP contribution < -0.4 is 9.47 Å². The van der Waals surface area contributed by atoms with Gasteiger partial charge in [-0.05, 0) is 47.5 Å². The van der Waals surface area contributed by atoms with E-state index in [1.807, 2.05) is 24.3 Å². The second kappa shape index (κ2) is 7.46. The van der Waals surface area contributed by atoms with Gasteiger partial charge in [-0.3, -0.25) is 0 Å². The summed E-state index contributed by atoms with van der Waals surface area (Å²) < 4.78 is 12.3. The van der Waals surface area contributed by atoms with Gasteiger partial charge in [0.1, 0.15) is 23.0 Å². The topological polar surface area (TPSA) is 18.5 Å². The summed E-state index contributed by atoms with van der Waals surface area (Å²) >= 11 is 0. The SMILES string of the molecule is c1ccc2c(c1)Cc1c(cccc1SSc1cccc3c1Cc1ccccc1O3)O2. The molecule has 6 rings (SSSR count). The molecule has 146 valence electrons. The van der Waals surface area contributed by atoms with Crippen LogP contribution >= 0.6 is 21.6 Å². The Labute approximate surface area is 183 Å². The van der Waals surface area contributed by atoms with Gasteiger partial charge in [-0.25, -0.2) is 0 Å². The Kier molecular flexibility index (Phi) is 4.47. The molecule has 4 aromatic rings. The third-order valence-corrected chi connectivity index (χ3v) is 8.06. The van der Waals surface area contributed by atoms with Crippen molar-refractivity contribution in [3.63, 3.8) is 0 Å². The summed E-state index contributed by atoms with van der Waals surface area (Å²) in [6.45, 7) is 0. The van der Waals surface area contributed by atoms with E-state index in [1.165, 1.54) is 32.0 Å². The number of rotatable bonds is 3. The lowest BCUT2D eigenvalue weighted by atomic mass is 10.0. The van der Waals surface area contributed by atoms with E-state index in [0.29, 0.717) is 0 Å². The van der Waals surface area contributed by atoms with Crippen molar-refractivity contribution >= 4 is 21.6 Å². The first kappa shape index (κ1) is 18.0. The summed E-state index contributed by atoms with van der Waals surface area (Å²) in [4.78, 5) is 2.50. The van der Waals surface area contributed by atoms with Crippen molar-refractivity contribution in [1.29, 1.82) is 0 Å². The quantitative estimate of drug-likeness (QED) is 0.268. The van der Waals surface area contributed by atoms with Gasteiger partial charge in [0.15, 0.2) is 0 Å². The van der Waals surface area contributed by atoms with Crippen molar-refractivity contribution < 1.29 is 9.47 Å². The highest BCUT2D eigenvalue weighted by molar-refractivity contribution is 8.76. The summed E-state index contributed by atoms with van der Waals surface area (Å²) in [5, 5.41) is 0. The Morgan fingerprint density at radius 3 is 1.40 bits per heavy atom. The van der Waals surface area contributed by atoms with Gasteiger partial charge in [0.05, 0.1) is 0 Å². The summed E-state index contributed by atoms with van der Waals surface area (Å²) in [5.74, 6) is 3.86. The van der Waals surface area contributed by atoms with E-state index in [4.69, 9.17) is 9.47 Å². The Morgan fingerprint density at radius 2 is 0.900 bits per heavy atom. The van der Waals surface area contributed by atoms with Gasteiger partial charge in [0.25, 0.3) is 0 Å². The number of hydrogen-bond acceptors (Lipinski definition) is 4. The third kappa shape index (κ3) is 3.17. The van der Waals surface area contributed by atoms with Crippen LogP contribution in [0.1, 0.15) is 22.3 Å². The summed E-state index contributed by atoms with van der Waals surface area (Å²) in [6, 6.07) is 29.2. The molecule has 0 aromatic heterocycles. The first-order valence-corrected chi connectivity index (χ1v) is 12.1. The van der Waals surface area contributed by atoms with Crippen LogP contribution in [0.15, 0.2) is 94.7 Å².